The first-order valence-electron chi connectivity index (χ1n) is 9.84. The molecule has 3 amide bonds. The van der Waals surface area contributed by atoms with Gasteiger partial charge in [-0.25, -0.2) is 0 Å². The molecule has 0 aliphatic carbocycles. The highest BCUT2D eigenvalue weighted by molar-refractivity contribution is 9.10. The molecule has 0 saturated carbocycles. The molecule has 11 heteroatoms. The number of hydrazine groups is 1. The molecule has 0 spiro atoms. The Hall–Kier alpha value is -2.62. The minimum atomic E-state index is -0.816. The number of benzene rings is 2. The summed E-state index contributed by atoms with van der Waals surface area (Å²) < 4.78 is 6.03. The zero-order valence-corrected chi connectivity index (χ0v) is 20.8. The molecule has 33 heavy (non-hydrogen) atoms. The van der Waals surface area contributed by atoms with Gasteiger partial charge in [0.15, 0.2) is 6.61 Å². The maximum Gasteiger partial charge on any atom is 0.311 e. The minimum absolute atomic E-state index is 0.0820. The molecule has 0 aromatic heterocycles. The van der Waals surface area contributed by atoms with Crippen molar-refractivity contribution in [2.24, 2.45) is 5.92 Å². The van der Waals surface area contributed by atoms with Gasteiger partial charge in [0.05, 0.1) is 23.0 Å². The Labute approximate surface area is 208 Å². The summed E-state index contributed by atoms with van der Waals surface area (Å²) in [5.74, 6) is -3.10. The van der Waals surface area contributed by atoms with E-state index in [1.807, 2.05) is 13.8 Å². The summed E-state index contributed by atoms with van der Waals surface area (Å²) in [7, 11) is 0. The maximum absolute atomic E-state index is 12.4. The van der Waals surface area contributed by atoms with Crippen molar-refractivity contribution in [3.8, 4) is 0 Å². The van der Waals surface area contributed by atoms with Crippen LogP contribution in [0.2, 0.25) is 10.0 Å². The van der Waals surface area contributed by atoms with E-state index in [1.165, 1.54) is 18.2 Å². The van der Waals surface area contributed by atoms with Crippen molar-refractivity contribution >= 4 is 68.5 Å². The van der Waals surface area contributed by atoms with Crippen LogP contribution in [0.4, 0.5) is 5.69 Å². The van der Waals surface area contributed by atoms with Crippen LogP contribution in [0.25, 0.3) is 0 Å². The summed E-state index contributed by atoms with van der Waals surface area (Å²) in [6.07, 6.45) is -0.153. The smallest absolute Gasteiger partial charge is 0.311 e. The van der Waals surface area contributed by atoms with Crippen LogP contribution >= 0.6 is 39.1 Å². The summed E-state index contributed by atoms with van der Waals surface area (Å²) in [6.45, 7) is 3.22. The normalized spacial score (nSPS) is 15.4. The summed E-state index contributed by atoms with van der Waals surface area (Å²) in [6, 6.07) is 7.92. The number of hydrogen-bond acceptors (Lipinski definition) is 5. The molecule has 8 nitrogen and oxygen atoms in total. The Morgan fingerprint density at radius 1 is 1.15 bits per heavy atom. The SMILES string of the molecule is Cc1cc(NC(=O)COC(=O)[C@@H]2CC(=O)N(NC(=O)c3ccc(Cl)cc3Cl)C2)cc(C)c1Br. The van der Waals surface area contributed by atoms with Crippen LogP contribution < -0.4 is 10.7 Å². The summed E-state index contributed by atoms with van der Waals surface area (Å²) in [5.41, 5.74) is 5.05. The average Bonchev–Trinajstić information content (AvgIpc) is 3.10. The summed E-state index contributed by atoms with van der Waals surface area (Å²) in [4.78, 5) is 49.2. The van der Waals surface area contributed by atoms with Crippen molar-refractivity contribution in [2.75, 3.05) is 18.5 Å². The molecular weight excluding hydrogens is 537 g/mol. The van der Waals surface area contributed by atoms with Crippen LogP contribution in [0, 0.1) is 19.8 Å². The predicted molar refractivity (Wildman–Crippen MR) is 127 cm³/mol. The molecule has 0 radical (unpaired) electrons. The van der Waals surface area contributed by atoms with Crippen LogP contribution in [0.3, 0.4) is 0 Å². The molecule has 1 saturated heterocycles. The fraction of sp³-hybridized carbons (Fsp3) is 0.273. The van der Waals surface area contributed by atoms with E-state index in [1.54, 1.807) is 12.1 Å². The lowest BCUT2D eigenvalue weighted by Gasteiger charge is -2.18. The second kappa shape index (κ2) is 10.5. The molecule has 1 fully saturated rings. The van der Waals surface area contributed by atoms with E-state index < -0.39 is 36.2 Å². The highest BCUT2D eigenvalue weighted by Crippen LogP contribution is 2.25. The number of aryl methyl sites for hydroxylation is 2. The number of carbonyl (C=O) groups is 4. The number of ether oxygens (including phenoxy) is 1. The average molecular weight is 557 g/mol. The van der Waals surface area contributed by atoms with Crippen molar-refractivity contribution in [2.45, 2.75) is 20.3 Å². The van der Waals surface area contributed by atoms with E-state index in [-0.39, 0.29) is 23.6 Å². The molecule has 0 unspecified atom stereocenters. The quantitative estimate of drug-likeness (QED) is 0.522. The third kappa shape index (κ3) is 6.25. The Kier molecular flexibility index (Phi) is 7.99. The van der Waals surface area contributed by atoms with Gasteiger partial charge in [-0.3, -0.25) is 29.6 Å². The van der Waals surface area contributed by atoms with E-state index in [9.17, 15) is 19.2 Å². The fourth-order valence-corrected chi connectivity index (χ4v) is 4.02. The molecule has 3 rings (SSSR count). The predicted octanol–water partition coefficient (Wildman–Crippen LogP) is 4.05. The van der Waals surface area contributed by atoms with Gasteiger partial charge >= 0.3 is 5.97 Å². The number of esters is 1. The molecule has 2 N–H and O–H groups in total. The zero-order chi connectivity index (χ0) is 24.3. The number of amides is 3. The van der Waals surface area contributed by atoms with Crippen LogP contribution in [-0.4, -0.2) is 41.9 Å². The fourth-order valence-electron chi connectivity index (χ4n) is 3.30. The van der Waals surface area contributed by atoms with Gasteiger partial charge in [0.25, 0.3) is 11.8 Å². The largest absolute Gasteiger partial charge is 0.455 e. The molecule has 1 aliphatic heterocycles. The van der Waals surface area contributed by atoms with Gasteiger partial charge in [0, 0.05) is 21.6 Å². The monoisotopic (exact) mass is 555 g/mol. The molecule has 2 aromatic rings. The Balaban J connectivity index is 1.51. The summed E-state index contributed by atoms with van der Waals surface area (Å²) in [5, 5.41) is 4.21. The second-order valence-electron chi connectivity index (χ2n) is 7.55. The van der Waals surface area contributed by atoms with E-state index in [4.69, 9.17) is 27.9 Å². The van der Waals surface area contributed by atoms with Crippen LogP contribution in [0.5, 0.6) is 0 Å². The van der Waals surface area contributed by atoms with Gasteiger partial charge in [-0.1, -0.05) is 39.1 Å². The third-order valence-corrected chi connectivity index (χ3v) is 6.73. The van der Waals surface area contributed by atoms with Crippen LogP contribution in [0.15, 0.2) is 34.8 Å². The molecule has 174 valence electrons. The first-order chi connectivity index (χ1) is 15.5. The standard InChI is InChI=1S/C22H20BrCl2N3O5/c1-11-5-15(6-12(2)20(11)23)26-18(29)10-33-22(32)13-7-19(30)28(9-13)27-21(31)16-4-3-14(24)8-17(16)25/h3-6,8,13H,7,9-10H2,1-2H3,(H,26,29)(H,27,31)/t13-/m1/s1. The number of nitrogens with one attached hydrogen (secondary N) is 2. The number of anilines is 1. The van der Waals surface area contributed by atoms with Crippen LogP contribution in [-0.2, 0) is 19.1 Å². The van der Waals surface area contributed by atoms with E-state index >= 15 is 0 Å². The van der Waals surface area contributed by atoms with Crippen molar-refractivity contribution in [3.63, 3.8) is 0 Å². The maximum atomic E-state index is 12.4. The lowest BCUT2D eigenvalue weighted by molar-refractivity contribution is -0.151. The molecule has 2 aromatic carbocycles. The molecule has 1 heterocycles. The number of rotatable bonds is 6. The molecule has 0 bridgehead atoms. The van der Waals surface area contributed by atoms with E-state index in [2.05, 4.69) is 26.7 Å². The van der Waals surface area contributed by atoms with Crippen molar-refractivity contribution in [1.82, 2.24) is 10.4 Å². The zero-order valence-electron chi connectivity index (χ0n) is 17.7. The summed E-state index contributed by atoms with van der Waals surface area (Å²) >= 11 is 15.3. The third-order valence-electron chi connectivity index (χ3n) is 4.94. The topological polar surface area (TPSA) is 105 Å². The van der Waals surface area contributed by atoms with Gasteiger partial charge in [0.2, 0.25) is 5.91 Å². The van der Waals surface area contributed by atoms with E-state index in [0.717, 1.165) is 20.6 Å². The van der Waals surface area contributed by atoms with E-state index in [0.29, 0.717) is 10.7 Å². The van der Waals surface area contributed by atoms with Gasteiger partial charge in [0.1, 0.15) is 0 Å². The molecule has 1 aliphatic rings. The van der Waals surface area contributed by atoms with Crippen molar-refractivity contribution in [1.29, 1.82) is 0 Å². The van der Waals surface area contributed by atoms with Gasteiger partial charge in [-0.15, -0.1) is 0 Å². The van der Waals surface area contributed by atoms with Crippen molar-refractivity contribution < 1.29 is 23.9 Å². The number of carbonyl (C=O) groups excluding carboxylic acids is 4. The second-order valence-corrected chi connectivity index (χ2v) is 9.19. The van der Waals surface area contributed by atoms with Crippen LogP contribution in [0.1, 0.15) is 27.9 Å². The number of halogens is 3. The highest BCUT2D eigenvalue weighted by atomic mass is 79.9. The van der Waals surface area contributed by atoms with Gasteiger partial charge in [-0.2, -0.15) is 0 Å². The van der Waals surface area contributed by atoms with Gasteiger partial charge in [-0.05, 0) is 55.3 Å². The number of nitrogens with zero attached hydrogens (tertiary/aromatic N) is 1. The Morgan fingerprint density at radius 3 is 2.45 bits per heavy atom. The van der Waals surface area contributed by atoms with Crippen molar-refractivity contribution in [3.05, 3.63) is 61.5 Å². The lowest BCUT2D eigenvalue weighted by atomic mass is 10.1. The molecular formula is C22H20BrCl2N3O5. The highest BCUT2D eigenvalue weighted by Gasteiger charge is 2.37. The first-order valence-corrected chi connectivity index (χ1v) is 11.4. The number of hydrogen-bond donors (Lipinski definition) is 2. The Bertz CT molecular complexity index is 1120. The minimum Gasteiger partial charge on any atom is -0.455 e. The first kappa shape index (κ1) is 25.0. The van der Waals surface area contributed by atoms with Gasteiger partial charge < -0.3 is 10.1 Å². The Morgan fingerprint density at radius 2 is 1.82 bits per heavy atom. The molecule has 1 atom stereocenters. The lowest BCUT2D eigenvalue weighted by Crippen LogP contribution is -2.43.